The molecule has 2 aromatic carbocycles. The quantitative estimate of drug-likeness (QED) is 0.837. The van der Waals surface area contributed by atoms with Crippen LogP contribution in [0.3, 0.4) is 0 Å². The molecule has 1 aliphatic heterocycles. The first-order chi connectivity index (χ1) is 9.13. The van der Waals surface area contributed by atoms with Gasteiger partial charge in [0.1, 0.15) is 11.5 Å². The van der Waals surface area contributed by atoms with Gasteiger partial charge in [-0.05, 0) is 37.3 Å². The molecule has 0 saturated heterocycles. The molecule has 0 unspecified atom stereocenters. The van der Waals surface area contributed by atoms with E-state index in [0.29, 0.717) is 22.7 Å². The molecule has 0 atom stereocenters. The lowest BCUT2D eigenvalue weighted by Crippen LogP contribution is -2.12. The van der Waals surface area contributed by atoms with Crippen LogP contribution in [-0.4, -0.2) is 11.7 Å². The zero-order chi connectivity index (χ0) is 13.4. The maximum absolute atomic E-state index is 11.6. The fourth-order valence-electron chi connectivity index (χ4n) is 1.93. The summed E-state index contributed by atoms with van der Waals surface area (Å²) in [7, 11) is 0. The first-order valence-electron chi connectivity index (χ1n) is 5.88. The Bertz CT molecular complexity index is 674. The molecule has 0 fully saturated rings. The van der Waals surface area contributed by atoms with Crippen molar-refractivity contribution in [2.75, 3.05) is 5.32 Å². The number of hydrogen-bond acceptors (Lipinski definition) is 3. The molecular formula is C15H11NO3. The monoisotopic (exact) mass is 253 g/mol. The summed E-state index contributed by atoms with van der Waals surface area (Å²) in [6.07, 6.45) is 0. The van der Waals surface area contributed by atoms with E-state index >= 15 is 0 Å². The summed E-state index contributed by atoms with van der Waals surface area (Å²) in [5, 5.41) is 2.50. The number of hydrogen-bond donors (Lipinski definition) is 1. The van der Waals surface area contributed by atoms with Gasteiger partial charge in [0.05, 0.1) is 11.3 Å². The second kappa shape index (κ2) is 4.24. The number of fused-ring (bicyclic) bond motifs is 1. The fourth-order valence-corrected chi connectivity index (χ4v) is 1.93. The van der Waals surface area contributed by atoms with Crippen LogP contribution in [-0.2, 0) is 4.79 Å². The highest BCUT2D eigenvalue weighted by Crippen LogP contribution is 2.29. The lowest BCUT2D eigenvalue weighted by molar-refractivity contribution is -0.112. The van der Waals surface area contributed by atoms with Crippen LogP contribution in [0.25, 0.3) is 0 Å². The van der Waals surface area contributed by atoms with Gasteiger partial charge in [0.15, 0.2) is 0 Å². The average Bonchev–Trinajstić information content (AvgIpc) is 2.69. The Morgan fingerprint density at radius 2 is 1.63 bits per heavy atom. The van der Waals surface area contributed by atoms with E-state index in [1.807, 2.05) is 31.2 Å². The number of ether oxygens (including phenoxy) is 1. The van der Waals surface area contributed by atoms with Gasteiger partial charge in [-0.1, -0.05) is 17.7 Å². The highest BCUT2D eigenvalue weighted by molar-refractivity contribution is 6.51. The van der Waals surface area contributed by atoms with Crippen LogP contribution >= 0.6 is 0 Å². The molecule has 1 amide bonds. The van der Waals surface area contributed by atoms with Crippen LogP contribution in [0.5, 0.6) is 11.5 Å². The van der Waals surface area contributed by atoms with Crippen molar-refractivity contribution in [3.63, 3.8) is 0 Å². The number of anilines is 1. The van der Waals surface area contributed by atoms with Crippen LogP contribution in [0.15, 0.2) is 42.5 Å². The highest BCUT2D eigenvalue weighted by atomic mass is 16.5. The van der Waals surface area contributed by atoms with Gasteiger partial charge in [-0.25, -0.2) is 0 Å². The van der Waals surface area contributed by atoms with E-state index in [1.165, 1.54) is 0 Å². The number of carbonyl (C=O) groups is 2. The summed E-state index contributed by atoms with van der Waals surface area (Å²) >= 11 is 0. The van der Waals surface area contributed by atoms with Gasteiger partial charge in [0.25, 0.3) is 11.7 Å². The second-order valence-electron chi connectivity index (χ2n) is 4.41. The van der Waals surface area contributed by atoms with E-state index in [4.69, 9.17) is 4.74 Å². The Labute approximate surface area is 110 Å². The zero-order valence-corrected chi connectivity index (χ0v) is 10.3. The highest BCUT2D eigenvalue weighted by Gasteiger charge is 2.28. The van der Waals surface area contributed by atoms with E-state index in [1.54, 1.807) is 18.2 Å². The molecule has 0 aromatic heterocycles. The molecule has 0 radical (unpaired) electrons. The van der Waals surface area contributed by atoms with Gasteiger partial charge < -0.3 is 10.1 Å². The number of benzene rings is 2. The Hall–Kier alpha value is -2.62. The largest absolute Gasteiger partial charge is 0.457 e. The minimum atomic E-state index is -0.595. The van der Waals surface area contributed by atoms with Gasteiger partial charge in [-0.3, -0.25) is 9.59 Å². The maximum Gasteiger partial charge on any atom is 0.296 e. The number of nitrogens with one attached hydrogen (secondary N) is 1. The standard InChI is InChI=1S/C15H11NO3/c1-9-2-4-10(5-3-9)19-11-6-7-13-12(8-11)14(17)15(18)16-13/h2-8H,1H3,(H,16,17,18). The van der Waals surface area contributed by atoms with Gasteiger partial charge in [-0.2, -0.15) is 0 Å². The Morgan fingerprint density at radius 3 is 2.37 bits per heavy atom. The number of rotatable bonds is 2. The molecule has 94 valence electrons. The average molecular weight is 253 g/mol. The van der Waals surface area contributed by atoms with Crippen LogP contribution in [0.4, 0.5) is 5.69 Å². The second-order valence-corrected chi connectivity index (χ2v) is 4.41. The number of amides is 1. The first kappa shape index (κ1) is 11.5. The van der Waals surface area contributed by atoms with Crippen LogP contribution in [0.1, 0.15) is 15.9 Å². The first-order valence-corrected chi connectivity index (χ1v) is 5.88. The third kappa shape index (κ3) is 2.08. The fraction of sp³-hybridized carbons (Fsp3) is 0.0667. The minimum Gasteiger partial charge on any atom is -0.457 e. The van der Waals surface area contributed by atoms with Crippen molar-refractivity contribution in [1.82, 2.24) is 0 Å². The third-order valence-corrected chi connectivity index (χ3v) is 2.95. The predicted octanol–water partition coefficient (Wildman–Crippen LogP) is 2.92. The molecule has 19 heavy (non-hydrogen) atoms. The van der Waals surface area contributed by atoms with E-state index in [-0.39, 0.29) is 0 Å². The summed E-state index contributed by atoms with van der Waals surface area (Å²) in [6.45, 7) is 2.00. The van der Waals surface area contributed by atoms with Crippen molar-refractivity contribution >= 4 is 17.4 Å². The van der Waals surface area contributed by atoms with Crippen LogP contribution in [0, 0.1) is 6.92 Å². The summed E-state index contributed by atoms with van der Waals surface area (Å²) in [5.41, 5.74) is 2.03. The Morgan fingerprint density at radius 1 is 0.947 bits per heavy atom. The van der Waals surface area contributed by atoms with E-state index in [9.17, 15) is 9.59 Å². The molecule has 3 rings (SSSR count). The molecule has 0 aliphatic carbocycles. The lowest BCUT2D eigenvalue weighted by atomic mass is 10.1. The molecule has 0 saturated carbocycles. The molecule has 4 nitrogen and oxygen atoms in total. The Kier molecular flexibility index (Phi) is 2.56. The lowest BCUT2D eigenvalue weighted by Gasteiger charge is -2.07. The van der Waals surface area contributed by atoms with Crippen LogP contribution in [0.2, 0.25) is 0 Å². The molecule has 1 heterocycles. The van der Waals surface area contributed by atoms with Gasteiger partial charge in [-0.15, -0.1) is 0 Å². The van der Waals surface area contributed by atoms with Gasteiger partial charge >= 0.3 is 0 Å². The maximum atomic E-state index is 11.6. The molecule has 1 aliphatic rings. The smallest absolute Gasteiger partial charge is 0.296 e. The summed E-state index contributed by atoms with van der Waals surface area (Å²) in [4.78, 5) is 22.8. The van der Waals surface area contributed by atoms with Crippen LogP contribution < -0.4 is 10.1 Å². The summed E-state index contributed by atoms with van der Waals surface area (Å²) < 4.78 is 5.65. The van der Waals surface area contributed by atoms with Gasteiger partial charge in [0, 0.05) is 0 Å². The van der Waals surface area contributed by atoms with E-state index < -0.39 is 11.7 Å². The van der Waals surface area contributed by atoms with Crippen molar-refractivity contribution < 1.29 is 14.3 Å². The SMILES string of the molecule is Cc1ccc(Oc2ccc3c(c2)C(=O)C(=O)N3)cc1. The van der Waals surface area contributed by atoms with E-state index in [2.05, 4.69) is 5.32 Å². The molecule has 2 aromatic rings. The van der Waals surface area contributed by atoms with E-state index in [0.717, 1.165) is 5.56 Å². The van der Waals surface area contributed by atoms with Gasteiger partial charge in [0.2, 0.25) is 0 Å². The topological polar surface area (TPSA) is 55.4 Å². The normalized spacial score (nSPS) is 13.1. The third-order valence-electron chi connectivity index (χ3n) is 2.95. The van der Waals surface area contributed by atoms with Crippen molar-refractivity contribution in [3.05, 3.63) is 53.6 Å². The molecule has 1 N–H and O–H groups in total. The minimum absolute atomic E-state index is 0.356. The van der Waals surface area contributed by atoms with Crippen molar-refractivity contribution in [2.45, 2.75) is 6.92 Å². The molecular weight excluding hydrogens is 242 g/mol. The zero-order valence-electron chi connectivity index (χ0n) is 10.3. The summed E-state index contributed by atoms with van der Waals surface area (Å²) in [5.74, 6) is 0.106. The van der Waals surface area contributed by atoms with Crippen molar-refractivity contribution in [2.24, 2.45) is 0 Å². The Balaban J connectivity index is 1.89. The summed E-state index contributed by atoms with van der Waals surface area (Å²) in [6, 6.07) is 12.6. The number of Topliss-reactive ketones (excluding diaryl/α,β-unsaturated/α-hetero) is 1. The van der Waals surface area contributed by atoms with Crippen molar-refractivity contribution in [1.29, 1.82) is 0 Å². The number of aryl methyl sites for hydroxylation is 1. The molecule has 0 bridgehead atoms. The number of carbonyl (C=O) groups excluding carboxylic acids is 2. The molecule has 4 heteroatoms. The predicted molar refractivity (Wildman–Crippen MR) is 70.7 cm³/mol. The number of ketones is 1. The van der Waals surface area contributed by atoms with Crippen molar-refractivity contribution in [3.8, 4) is 11.5 Å². The molecule has 0 spiro atoms.